The number of carbonyl (C=O) groups excluding carboxylic acids is 2. The Kier molecular flexibility index (Phi) is 7.40. The second kappa shape index (κ2) is 10.1. The van der Waals surface area contributed by atoms with Gasteiger partial charge < -0.3 is 14.5 Å². The van der Waals surface area contributed by atoms with Gasteiger partial charge in [0, 0.05) is 38.7 Å². The number of nitrogens with zero attached hydrogens (tertiary/aromatic N) is 2. The van der Waals surface area contributed by atoms with Crippen LogP contribution in [0.2, 0.25) is 0 Å². The molecule has 2 aliphatic heterocycles. The van der Waals surface area contributed by atoms with Crippen molar-refractivity contribution in [2.75, 3.05) is 48.5 Å². The Balaban J connectivity index is 1.68. The maximum absolute atomic E-state index is 13.1. The van der Waals surface area contributed by atoms with Crippen LogP contribution in [0.3, 0.4) is 0 Å². The van der Waals surface area contributed by atoms with Gasteiger partial charge in [-0.3, -0.25) is 0 Å². The van der Waals surface area contributed by atoms with Gasteiger partial charge in [-0.1, -0.05) is 0 Å². The minimum absolute atomic E-state index is 0.00454. The molecule has 0 bridgehead atoms. The van der Waals surface area contributed by atoms with Crippen LogP contribution in [0.25, 0.3) is 0 Å². The van der Waals surface area contributed by atoms with Gasteiger partial charge in [-0.15, -0.1) is 0 Å². The fourth-order valence-corrected chi connectivity index (χ4v) is 6.78. The first-order valence-electron chi connectivity index (χ1n) is 12.2. The first-order chi connectivity index (χ1) is 17.3. The molecule has 2 aromatic rings. The molecule has 9 nitrogen and oxygen atoms in total. The normalized spacial score (nSPS) is 16.3. The lowest BCUT2D eigenvalue weighted by molar-refractivity contribution is 0.0396. The number of carbonyl (C=O) groups is 2. The maximum atomic E-state index is 13.1. The number of aryl methyl sites for hydroxylation is 2. The predicted molar refractivity (Wildman–Crippen MR) is 141 cm³/mol. The number of hydrogen-bond acceptors (Lipinski definition) is 9. The van der Waals surface area contributed by atoms with Crippen molar-refractivity contribution in [1.29, 1.82) is 0 Å². The number of hydrogen-bond donors (Lipinski definition) is 0. The molecule has 11 heteroatoms. The predicted octanol–water partition coefficient (Wildman–Crippen LogP) is 3.31. The Morgan fingerprint density at radius 2 is 0.973 bits per heavy atom. The zero-order chi connectivity index (χ0) is 27.1. The lowest BCUT2D eigenvalue weighted by Gasteiger charge is -2.23. The first-order valence-corrected chi connectivity index (χ1v) is 16.0. The van der Waals surface area contributed by atoms with Gasteiger partial charge in [-0.05, 0) is 74.9 Å². The van der Waals surface area contributed by atoms with Crippen LogP contribution < -0.4 is 9.80 Å². The molecule has 0 spiro atoms. The first kappa shape index (κ1) is 27.1. The molecule has 0 unspecified atom stereocenters. The molecule has 2 aromatic carbocycles. The van der Waals surface area contributed by atoms with E-state index >= 15 is 0 Å². The van der Waals surface area contributed by atoms with Gasteiger partial charge in [0.25, 0.3) is 0 Å². The molecule has 2 aliphatic rings. The van der Waals surface area contributed by atoms with E-state index in [1.165, 1.54) is 12.1 Å². The maximum Gasteiger partial charge on any atom is 0.346 e. The number of ether oxygens (including phenoxy) is 1. The van der Waals surface area contributed by atoms with Crippen LogP contribution in [-0.4, -0.2) is 67.5 Å². The highest BCUT2D eigenvalue weighted by molar-refractivity contribution is 7.91. The quantitative estimate of drug-likeness (QED) is 0.396. The van der Waals surface area contributed by atoms with Gasteiger partial charge in [0.2, 0.25) is 0 Å². The average molecular weight is 549 g/mol. The van der Waals surface area contributed by atoms with E-state index in [-0.39, 0.29) is 20.9 Å². The number of esters is 2. The summed E-state index contributed by atoms with van der Waals surface area (Å²) < 4.78 is 55.4. The molecule has 0 saturated carbocycles. The molecule has 0 radical (unpaired) electrons. The van der Waals surface area contributed by atoms with Crippen molar-refractivity contribution in [2.45, 2.75) is 49.3 Å². The third kappa shape index (κ3) is 5.67. The Morgan fingerprint density at radius 3 is 1.27 bits per heavy atom. The molecule has 2 heterocycles. The van der Waals surface area contributed by atoms with Gasteiger partial charge in [-0.2, -0.15) is 0 Å². The van der Waals surface area contributed by atoms with E-state index in [0.717, 1.165) is 64.4 Å². The highest BCUT2D eigenvalue weighted by atomic mass is 32.2. The second-order valence-electron chi connectivity index (χ2n) is 9.88. The third-order valence-electron chi connectivity index (χ3n) is 6.93. The van der Waals surface area contributed by atoms with Gasteiger partial charge >= 0.3 is 11.9 Å². The molecule has 0 aromatic heterocycles. The fourth-order valence-electron chi connectivity index (χ4n) is 4.98. The number of rotatable bonds is 6. The lowest BCUT2D eigenvalue weighted by atomic mass is 10.1. The Labute approximate surface area is 218 Å². The Morgan fingerprint density at radius 1 is 0.649 bits per heavy atom. The van der Waals surface area contributed by atoms with Crippen molar-refractivity contribution in [1.82, 2.24) is 0 Å². The van der Waals surface area contributed by atoms with Crippen molar-refractivity contribution >= 4 is 43.0 Å². The van der Waals surface area contributed by atoms with Crippen LogP contribution in [0.15, 0.2) is 34.1 Å². The van der Waals surface area contributed by atoms with E-state index in [9.17, 15) is 26.4 Å². The summed E-state index contributed by atoms with van der Waals surface area (Å²) >= 11 is 0. The summed E-state index contributed by atoms with van der Waals surface area (Å²) in [6.07, 6.45) is 5.96. The summed E-state index contributed by atoms with van der Waals surface area (Å²) in [6, 6.07) is 5.81. The largest absolute Gasteiger partial charge is 0.386 e. The second-order valence-corrected chi connectivity index (χ2v) is 13.8. The van der Waals surface area contributed by atoms with Crippen molar-refractivity contribution in [3.05, 3.63) is 46.5 Å². The van der Waals surface area contributed by atoms with E-state index in [1.807, 2.05) is 9.80 Å². The fraction of sp³-hybridized carbons (Fsp3) is 0.462. The average Bonchev–Trinajstić information content (AvgIpc) is 3.51. The number of anilines is 2. The van der Waals surface area contributed by atoms with Crippen molar-refractivity contribution in [2.24, 2.45) is 0 Å². The van der Waals surface area contributed by atoms with E-state index in [0.29, 0.717) is 22.5 Å². The standard InChI is InChI=1S/C26H32N2O7S2/c1-17-13-21(27-9-5-6-10-27)23(36(3,31)32)15-19(17)25(29)35-26(30)20-16-24(37(4,33)34)22(14-18(20)2)28-11-7-8-12-28/h13-16H,5-12H2,1-4H3. The van der Waals surface area contributed by atoms with E-state index in [1.54, 1.807) is 26.0 Å². The van der Waals surface area contributed by atoms with Crippen molar-refractivity contribution in [3.63, 3.8) is 0 Å². The number of sulfone groups is 2. The van der Waals surface area contributed by atoms with Crippen molar-refractivity contribution in [3.8, 4) is 0 Å². The highest BCUT2D eigenvalue weighted by Gasteiger charge is 2.28. The van der Waals surface area contributed by atoms with Crippen LogP contribution in [0.4, 0.5) is 11.4 Å². The lowest BCUT2D eigenvalue weighted by Crippen LogP contribution is -2.23. The van der Waals surface area contributed by atoms with Crippen LogP contribution in [-0.2, 0) is 24.4 Å². The van der Waals surface area contributed by atoms with Gasteiger partial charge in [0.1, 0.15) is 0 Å². The Hall–Kier alpha value is -2.92. The summed E-state index contributed by atoms with van der Waals surface area (Å²) in [7, 11) is -7.34. The summed E-state index contributed by atoms with van der Waals surface area (Å²) in [4.78, 5) is 30.1. The van der Waals surface area contributed by atoms with Gasteiger partial charge in [-0.25, -0.2) is 26.4 Å². The zero-order valence-electron chi connectivity index (χ0n) is 21.5. The summed E-state index contributed by atoms with van der Waals surface area (Å²) in [5, 5.41) is 0. The zero-order valence-corrected chi connectivity index (χ0v) is 23.2. The minimum Gasteiger partial charge on any atom is -0.386 e. The van der Waals surface area contributed by atoms with E-state index in [4.69, 9.17) is 4.74 Å². The molecule has 0 aliphatic carbocycles. The molecule has 200 valence electrons. The molecule has 2 fully saturated rings. The topological polar surface area (TPSA) is 118 Å². The van der Waals surface area contributed by atoms with Crippen LogP contribution in [0, 0.1) is 13.8 Å². The molecular formula is C26H32N2O7S2. The van der Waals surface area contributed by atoms with Crippen LogP contribution in [0.5, 0.6) is 0 Å². The van der Waals surface area contributed by atoms with Crippen molar-refractivity contribution < 1.29 is 31.2 Å². The summed E-state index contributed by atoms with van der Waals surface area (Å²) in [6.45, 7) is 6.20. The third-order valence-corrected chi connectivity index (χ3v) is 9.18. The molecule has 0 atom stereocenters. The number of benzene rings is 2. The smallest absolute Gasteiger partial charge is 0.346 e. The Bertz CT molecular complexity index is 1360. The van der Waals surface area contributed by atoms with Gasteiger partial charge in [0.05, 0.1) is 32.3 Å². The highest BCUT2D eigenvalue weighted by Crippen LogP contribution is 2.33. The molecule has 2 saturated heterocycles. The molecular weight excluding hydrogens is 516 g/mol. The van der Waals surface area contributed by atoms with E-state index in [2.05, 4.69) is 0 Å². The summed E-state index contributed by atoms with van der Waals surface area (Å²) in [5.74, 6) is -1.99. The SMILES string of the molecule is Cc1cc(N2CCCC2)c(S(C)(=O)=O)cc1C(=O)OC(=O)c1cc(S(C)(=O)=O)c(N2CCCC2)cc1C. The molecule has 0 N–H and O–H groups in total. The molecule has 4 rings (SSSR count). The minimum atomic E-state index is -3.67. The molecule has 37 heavy (non-hydrogen) atoms. The monoisotopic (exact) mass is 548 g/mol. The summed E-state index contributed by atoms with van der Waals surface area (Å²) in [5.41, 5.74) is 1.95. The molecule has 0 amide bonds. The van der Waals surface area contributed by atoms with Crippen LogP contribution in [0.1, 0.15) is 57.5 Å². The van der Waals surface area contributed by atoms with Gasteiger partial charge in [0.15, 0.2) is 19.7 Å². The van der Waals surface area contributed by atoms with E-state index < -0.39 is 31.6 Å². The van der Waals surface area contributed by atoms with Crippen LogP contribution >= 0.6 is 0 Å².